The number of sulfone groups is 1. The van der Waals surface area contributed by atoms with E-state index in [1.165, 1.54) is 24.3 Å². The largest absolute Gasteiger partial charge is 0.389 e. The second-order valence-corrected chi connectivity index (χ2v) is 12.6. The van der Waals surface area contributed by atoms with Crippen LogP contribution in [0.25, 0.3) is 10.9 Å². The number of piperidine rings is 1. The van der Waals surface area contributed by atoms with Crippen molar-refractivity contribution in [3.8, 4) is 0 Å². The number of hydrogen-bond acceptors (Lipinski definition) is 5. The Morgan fingerprint density at radius 3 is 2.47 bits per heavy atom. The first-order chi connectivity index (χ1) is 18.0. The summed E-state index contributed by atoms with van der Waals surface area (Å²) in [6.07, 6.45) is 2.46. The summed E-state index contributed by atoms with van der Waals surface area (Å²) < 4.78 is 37.7. The van der Waals surface area contributed by atoms with Crippen LogP contribution in [-0.4, -0.2) is 43.0 Å². The molecular weight excluding hydrogens is 527 g/mol. The van der Waals surface area contributed by atoms with E-state index in [-0.39, 0.29) is 22.3 Å². The number of pyridine rings is 1. The third-order valence-corrected chi connectivity index (χ3v) is 8.67. The van der Waals surface area contributed by atoms with Gasteiger partial charge in [-0.15, -0.1) is 0 Å². The minimum absolute atomic E-state index is 0.106. The predicted octanol–water partition coefficient (Wildman–Crippen LogP) is 4.58. The summed E-state index contributed by atoms with van der Waals surface area (Å²) in [7, 11) is -3.45. The Morgan fingerprint density at radius 2 is 1.79 bits per heavy atom. The van der Waals surface area contributed by atoms with E-state index < -0.39 is 21.4 Å². The fraction of sp³-hybridized carbons (Fsp3) is 0.276. The van der Waals surface area contributed by atoms with Crippen LogP contribution in [0.4, 0.5) is 4.39 Å². The molecule has 4 aromatic rings. The maximum Gasteiger partial charge on any atom is 0.252 e. The Hall–Kier alpha value is -3.04. The summed E-state index contributed by atoms with van der Waals surface area (Å²) in [6, 6.07) is 19.5. The molecule has 6 nitrogen and oxygen atoms in total. The van der Waals surface area contributed by atoms with E-state index in [2.05, 4.69) is 10.3 Å². The number of aromatic nitrogens is 1. The van der Waals surface area contributed by atoms with Gasteiger partial charge in [0, 0.05) is 34.3 Å². The van der Waals surface area contributed by atoms with Gasteiger partial charge in [0.25, 0.3) is 5.56 Å². The maximum absolute atomic E-state index is 13.4. The van der Waals surface area contributed by atoms with E-state index in [1.54, 1.807) is 48.5 Å². The molecule has 5 rings (SSSR count). The smallest absolute Gasteiger partial charge is 0.252 e. The molecule has 0 spiro atoms. The lowest BCUT2D eigenvalue weighted by Crippen LogP contribution is -2.52. The second kappa shape index (κ2) is 10.3. The Labute approximate surface area is 225 Å². The molecular formula is C29H28ClFN2O4S. The minimum atomic E-state index is -3.45. The molecule has 1 saturated heterocycles. The van der Waals surface area contributed by atoms with Crippen LogP contribution < -0.4 is 10.9 Å². The summed E-state index contributed by atoms with van der Waals surface area (Å²) in [6.45, 7) is 0.524. The predicted molar refractivity (Wildman–Crippen MR) is 147 cm³/mol. The van der Waals surface area contributed by atoms with Crippen molar-refractivity contribution in [3.05, 3.63) is 111 Å². The number of rotatable bonds is 6. The number of aromatic amines is 1. The van der Waals surface area contributed by atoms with Gasteiger partial charge in [-0.3, -0.25) is 4.79 Å². The number of benzene rings is 3. The van der Waals surface area contributed by atoms with Gasteiger partial charge in [-0.05, 0) is 90.9 Å². The first kappa shape index (κ1) is 26.6. The molecule has 0 bridgehead atoms. The molecule has 0 radical (unpaired) electrons. The standard InChI is InChI=1S/C29H28ClFN2O4S/c1-38(36,37)24-10-11-26-20(15-24)16-25(28(34)33-26)27(19-4-6-21(30)7-5-19)29(35)12-13-32-23(17-29)14-18-2-8-22(31)9-3-18/h2-11,15-16,23,27,32,35H,12-14,17H2,1H3,(H,33,34). The number of fused-ring (bicyclic) bond motifs is 1. The molecule has 1 aliphatic heterocycles. The highest BCUT2D eigenvalue weighted by Crippen LogP contribution is 2.41. The molecule has 1 aromatic heterocycles. The zero-order valence-corrected chi connectivity index (χ0v) is 22.3. The maximum atomic E-state index is 13.4. The van der Waals surface area contributed by atoms with Crippen molar-refractivity contribution in [2.75, 3.05) is 12.8 Å². The normalized spacial score (nSPS) is 20.9. The molecule has 1 aliphatic rings. The van der Waals surface area contributed by atoms with Gasteiger partial charge in [0.2, 0.25) is 0 Å². The third kappa shape index (κ3) is 5.54. The van der Waals surface area contributed by atoms with Gasteiger partial charge < -0.3 is 15.4 Å². The molecule has 0 aliphatic carbocycles. The first-order valence-electron chi connectivity index (χ1n) is 12.3. The summed E-state index contributed by atoms with van der Waals surface area (Å²) in [4.78, 5) is 16.4. The summed E-state index contributed by atoms with van der Waals surface area (Å²) in [5.41, 5.74) is 0.866. The van der Waals surface area contributed by atoms with Crippen molar-refractivity contribution in [2.24, 2.45) is 0 Å². The first-order valence-corrected chi connectivity index (χ1v) is 14.6. The van der Waals surface area contributed by atoms with Crippen molar-refractivity contribution in [1.29, 1.82) is 0 Å². The Bertz CT molecular complexity index is 1640. The van der Waals surface area contributed by atoms with Gasteiger partial charge in [-0.25, -0.2) is 12.8 Å². The lowest BCUT2D eigenvalue weighted by atomic mass is 9.70. The van der Waals surface area contributed by atoms with E-state index in [1.807, 2.05) is 0 Å². The van der Waals surface area contributed by atoms with E-state index in [0.29, 0.717) is 47.3 Å². The van der Waals surface area contributed by atoms with Crippen molar-refractivity contribution in [2.45, 2.75) is 41.7 Å². The highest BCUT2D eigenvalue weighted by atomic mass is 35.5. The van der Waals surface area contributed by atoms with Crippen LogP contribution in [0.15, 0.2) is 82.5 Å². The van der Waals surface area contributed by atoms with E-state index >= 15 is 0 Å². The molecule has 38 heavy (non-hydrogen) atoms. The average molecular weight is 555 g/mol. The van der Waals surface area contributed by atoms with Crippen LogP contribution >= 0.6 is 11.6 Å². The zero-order valence-electron chi connectivity index (χ0n) is 20.7. The number of hydrogen-bond donors (Lipinski definition) is 3. The van der Waals surface area contributed by atoms with Crippen molar-refractivity contribution < 1.29 is 17.9 Å². The molecule has 198 valence electrons. The molecule has 1 fully saturated rings. The fourth-order valence-corrected chi connectivity index (χ4v) is 6.27. The second-order valence-electron chi connectivity index (χ2n) is 10.1. The average Bonchev–Trinajstić information content (AvgIpc) is 2.86. The quantitative estimate of drug-likeness (QED) is 0.324. The number of aliphatic hydroxyl groups is 1. The van der Waals surface area contributed by atoms with E-state index in [4.69, 9.17) is 11.6 Å². The van der Waals surface area contributed by atoms with Gasteiger partial charge >= 0.3 is 0 Å². The van der Waals surface area contributed by atoms with Gasteiger partial charge in [-0.2, -0.15) is 0 Å². The lowest BCUT2D eigenvalue weighted by Gasteiger charge is -2.43. The van der Waals surface area contributed by atoms with Crippen molar-refractivity contribution in [1.82, 2.24) is 10.3 Å². The van der Waals surface area contributed by atoms with Crippen LogP contribution in [0.1, 0.15) is 35.4 Å². The number of halogens is 2. The van der Waals surface area contributed by atoms with Gasteiger partial charge in [0.15, 0.2) is 9.84 Å². The molecule has 2 heterocycles. The monoisotopic (exact) mass is 554 g/mol. The van der Waals surface area contributed by atoms with Crippen LogP contribution in [0.5, 0.6) is 0 Å². The molecule has 0 saturated carbocycles. The van der Waals surface area contributed by atoms with Crippen LogP contribution in [-0.2, 0) is 16.3 Å². The molecule has 0 amide bonds. The van der Waals surface area contributed by atoms with E-state index in [9.17, 15) is 22.7 Å². The Morgan fingerprint density at radius 1 is 1.08 bits per heavy atom. The molecule has 9 heteroatoms. The molecule has 3 aromatic carbocycles. The van der Waals surface area contributed by atoms with Gasteiger partial charge in [-0.1, -0.05) is 35.9 Å². The molecule has 3 unspecified atom stereocenters. The Kier molecular flexibility index (Phi) is 7.17. The van der Waals surface area contributed by atoms with Crippen LogP contribution in [0.3, 0.4) is 0 Å². The van der Waals surface area contributed by atoms with Crippen molar-refractivity contribution >= 4 is 32.3 Å². The van der Waals surface area contributed by atoms with E-state index in [0.717, 1.165) is 17.4 Å². The summed E-state index contributed by atoms with van der Waals surface area (Å²) in [5, 5.41) is 16.7. The lowest BCUT2D eigenvalue weighted by molar-refractivity contribution is -0.0188. The Balaban J connectivity index is 1.60. The molecule has 3 N–H and O–H groups in total. The molecule has 3 atom stereocenters. The highest BCUT2D eigenvalue weighted by molar-refractivity contribution is 7.90. The highest BCUT2D eigenvalue weighted by Gasteiger charge is 2.43. The summed E-state index contributed by atoms with van der Waals surface area (Å²) in [5.74, 6) is -1.01. The fourth-order valence-electron chi connectivity index (χ4n) is 5.49. The van der Waals surface area contributed by atoms with Crippen LogP contribution in [0, 0.1) is 5.82 Å². The van der Waals surface area contributed by atoms with Crippen LogP contribution in [0.2, 0.25) is 5.02 Å². The van der Waals surface area contributed by atoms with Crippen molar-refractivity contribution in [3.63, 3.8) is 0 Å². The number of nitrogens with one attached hydrogen (secondary N) is 2. The zero-order chi connectivity index (χ0) is 27.1. The van der Waals surface area contributed by atoms with Gasteiger partial charge in [0.1, 0.15) is 5.82 Å². The van der Waals surface area contributed by atoms with Gasteiger partial charge in [0.05, 0.1) is 10.5 Å². The topological polar surface area (TPSA) is 99.3 Å². The third-order valence-electron chi connectivity index (χ3n) is 7.31. The SMILES string of the molecule is CS(=O)(=O)c1ccc2[nH]c(=O)c(C(c3ccc(Cl)cc3)C3(O)CCNC(Cc4ccc(F)cc4)C3)cc2c1. The minimum Gasteiger partial charge on any atom is -0.389 e. The summed E-state index contributed by atoms with van der Waals surface area (Å²) >= 11 is 6.15. The number of H-pyrrole nitrogens is 1.